The van der Waals surface area contributed by atoms with E-state index < -0.39 is 0 Å². The maximum Gasteiger partial charge on any atom is 0.187 e. The van der Waals surface area contributed by atoms with Crippen LogP contribution in [0.4, 0.5) is 0 Å². The van der Waals surface area contributed by atoms with Crippen LogP contribution in [0.1, 0.15) is 0 Å². The molecule has 4 nitrogen and oxygen atoms in total. The Kier molecular flexibility index (Phi) is 2380. The van der Waals surface area contributed by atoms with Crippen LogP contribution in [0.2, 0.25) is 0 Å². The minimum atomic E-state index is 0. The molecule has 0 aliphatic rings. The van der Waals surface area contributed by atoms with Gasteiger partial charge in [-0.2, -0.15) is 0 Å². The van der Waals surface area contributed by atoms with Crippen LogP contribution in [0.25, 0.3) is 0 Å². The van der Waals surface area contributed by atoms with Crippen LogP contribution in [0.5, 0.6) is 0 Å². The average Bonchev–Trinajstić information content (AvgIpc) is 0. The molecule has 0 unspecified atom stereocenters. The maximum absolute atomic E-state index is 0. The van der Waals surface area contributed by atoms with Crippen molar-refractivity contribution in [2.45, 2.75) is 0 Å². The van der Waals surface area contributed by atoms with Crippen LogP contribution >= 0.6 is 0 Å². The molecule has 0 fully saturated rings. The largest absolute Gasteiger partial charge is 0.344 e. The van der Waals surface area contributed by atoms with E-state index in [0.717, 1.165) is 0 Å². The third-order valence-electron chi connectivity index (χ3n) is 0. The molecule has 0 saturated carbocycles. The van der Waals surface area contributed by atoms with Gasteiger partial charge in [0.15, 0.2) is 17.4 Å². The SMILES string of the molecule is N.N.N.N.[AlH3].[Cu].[SiH4].[Ti].[Ti].[Ti].[Ti].[Ti].[Ti].[W]. The molecule has 0 amide bonds. The first kappa shape index (κ1) is 198. The predicted octanol–water partition coefficient (Wildman–Crippen LogP) is -2.01. The van der Waals surface area contributed by atoms with Gasteiger partial charge in [0.2, 0.25) is 0 Å². The van der Waals surface area contributed by atoms with Crippen molar-refractivity contribution in [3.63, 3.8) is 0 Å². The Bertz CT molecular complexity index is 29.8. The minimum Gasteiger partial charge on any atom is -0.344 e. The van der Waals surface area contributed by atoms with E-state index in [-0.39, 0.29) is 221 Å². The molecule has 14 heavy (non-hydrogen) atoms. The summed E-state index contributed by atoms with van der Waals surface area (Å²) in [5.41, 5.74) is 0. The van der Waals surface area contributed by atoms with Crippen LogP contribution in [0, 0.1) is 0 Å². The topological polar surface area (TPSA) is 140 Å². The van der Waals surface area contributed by atoms with Crippen molar-refractivity contribution < 1.29 is 168 Å². The zero-order valence-corrected chi connectivity index (χ0v) is 19.8. The molecule has 14 heteroatoms. The van der Waals surface area contributed by atoms with Crippen molar-refractivity contribution in [2.75, 3.05) is 0 Å². The predicted molar refractivity (Wildman–Crippen MR) is 41.4 cm³/mol. The fourth-order valence-corrected chi connectivity index (χ4v) is 0. The molecule has 0 heterocycles. The van der Waals surface area contributed by atoms with Crippen molar-refractivity contribution in [3.05, 3.63) is 0 Å². The third-order valence-corrected chi connectivity index (χ3v) is 0. The molecule has 0 rings (SSSR count). The van der Waals surface area contributed by atoms with E-state index in [0.29, 0.717) is 0 Å². The molecule has 87 valence electrons. The van der Waals surface area contributed by atoms with Crippen molar-refractivity contribution in [1.29, 1.82) is 0 Å². The molecule has 0 spiro atoms. The van der Waals surface area contributed by atoms with Crippen LogP contribution in [0.3, 0.4) is 0 Å². The summed E-state index contributed by atoms with van der Waals surface area (Å²) in [7, 11) is 0. The van der Waals surface area contributed by atoms with Crippen molar-refractivity contribution >= 4 is 28.3 Å². The smallest absolute Gasteiger partial charge is 0.187 e. The summed E-state index contributed by atoms with van der Waals surface area (Å²) >= 11 is 0. The molecular formula is H19AlCuN4SiTi6W. The Morgan fingerprint density at radius 1 is 0.429 bits per heavy atom. The Balaban J connectivity index is 0. The van der Waals surface area contributed by atoms with Crippen molar-refractivity contribution in [2.24, 2.45) is 0 Å². The van der Waals surface area contributed by atoms with E-state index in [1.54, 1.807) is 0 Å². The first-order valence-corrected chi connectivity index (χ1v) is 0. The fraction of sp³-hybridized carbons (Fsp3) is 0. The van der Waals surface area contributed by atoms with E-state index in [4.69, 9.17) is 0 Å². The molecule has 0 bridgehead atoms. The average molecular weight is 665 g/mol. The van der Waals surface area contributed by atoms with Crippen molar-refractivity contribution in [1.82, 2.24) is 24.6 Å². The summed E-state index contributed by atoms with van der Waals surface area (Å²) in [4.78, 5) is 0. The first-order chi connectivity index (χ1) is 0. The van der Waals surface area contributed by atoms with Gasteiger partial charge in [0.1, 0.15) is 0 Å². The van der Waals surface area contributed by atoms with Gasteiger partial charge >= 0.3 is 0 Å². The second kappa shape index (κ2) is 169. The molecule has 12 N–H and O–H groups in total. The molecule has 0 aromatic carbocycles. The van der Waals surface area contributed by atoms with Crippen molar-refractivity contribution in [3.8, 4) is 0 Å². The standard InChI is InChI=1S/Al.Cu.4H3N.H4Si.6Ti.W.3H/h;;4*1H3;1H4;;;;;;;;;;. The maximum atomic E-state index is 0. The van der Waals surface area contributed by atoms with E-state index in [1.165, 1.54) is 0 Å². The molecule has 0 aromatic rings. The quantitative estimate of drug-likeness (QED) is 0.223. The normalized spacial score (nSPS) is 0. The number of rotatable bonds is 0. The molecule has 0 aliphatic carbocycles. The van der Waals surface area contributed by atoms with E-state index in [1.807, 2.05) is 0 Å². The summed E-state index contributed by atoms with van der Waals surface area (Å²) in [6.07, 6.45) is 0. The fourth-order valence-electron chi connectivity index (χ4n) is 0. The molecule has 0 aromatic heterocycles. The van der Waals surface area contributed by atoms with Gasteiger partial charge in [0.25, 0.3) is 0 Å². The van der Waals surface area contributed by atoms with Gasteiger partial charge in [-0.05, 0) is 11.0 Å². The third kappa shape index (κ3) is 143. The summed E-state index contributed by atoms with van der Waals surface area (Å²) in [6.45, 7) is 0. The molecule has 0 aliphatic heterocycles. The van der Waals surface area contributed by atoms with Gasteiger partial charge < -0.3 is 24.6 Å². The molecule has 1 radical (unpaired) electrons. The summed E-state index contributed by atoms with van der Waals surface area (Å²) in [5, 5.41) is 0. The second-order valence-corrected chi connectivity index (χ2v) is 0. The van der Waals surface area contributed by atoms with Gasteiger partial charge in [-0.1, -0.05) is 0 Å². The van der Waals surface area contributed by atoms with Gasteiger partial charge in [-0.3, -0.25) is 0 Å². The van der Waals surface area contributed by atoms with Gasteiger partial charge in [0, 0.05) is 168 Å². The van der Waals surface area contributed by atoms with Gasteiger partial charge in [0.05, 0.1) is 0 Å². The zero-order valence-electron chi connectivity index (χ0n) is 6.54. The van der Waals surface area contributed by atoms with E-state index in [9.17, 15) is 0 Å². The first-order valence-electron chi connectivity index (χ1n) is 0. The van der Waals surface area contributed by atoms with Crippen LogP contribution < -0.4 is 24.6 Å². The number of hydrogen-bond acceptors (Lipinski definition) is 4. The Morgan fingerprint density at radius 2 is 0.429 bits per heavy atom. The summed E-state index contributed by atoms with van der Waals surface area (Å²) in [6, 6.07) is 0. The van der Waals surface area contributed by atoms with E-state index in [2.05, 4.69) is 0 Å². The summed E-state index contributed by atoms with van der Waals surface area (Å²) in [5.74, 6) is 0. The second-order valence-electron chi connectivity index (χ2n) is 0. The Morgan fingerprint density at radius 3 is 0.429 bits per heavy atom. The molecular weight excluding hydrogens is 646 g/mol. The molecule has 0 atom stereocenters. The summed E-state index contributed by atoms with van der Waals surface area (Å²) < 4.78 is 0. The van der Waals surface area contributed by atoms with Gasteiger partial charge in [-0.25, -0.2) is 0 Å². The molecule has 0 saturated heterocycles. The van der Waals surface area contributed by atoms with E-state index >= 15 is 0 Å². The Hall–Kier alpha value is 6.08. The van der Waals surface area contributed by atoms with Gasteiger partial charge in [-0.15, -0.1) is 0 Å². The van der Waals surface area contributed by atoms with Crippen LogP contribution in [-0.4, -0.2) is 28.3 Å². The van der Waals surface area contributed by atoms with Crippen LogP contribution in [-0.2, 0) is 168 Å². The zero-order chi connectivity index (χ0) is 0. The Labute approximate surface area is 217 Å². The minimum absolute atomic E-state index is 0. The number of hydrogen-bond donors (Lipinski definition) is 4. The van der Waals surface area contributed by atoms with Crippen LogP contribution in [0.15, 0.2) is 0 Å². The monoisotopic (exact) mass is 665 g/mol.